The Bertz CT molecular complexity index is 750. The molecule has 3 rings (SSSR count). The molecule has 3 aromatic carbocycles. The van der Waals surface area contributed by atoms with Gasteiger partial charge in [0.15, 0.2) is 0 Å². The van der Waals surface area contributed by atoms with Gasteiger partial charge in [0.2, 0.25) is 0 Å². The highest BCUT2D eigenvalue weighted by Gasteiger charge is 2.04. The summed E-state index contributed by atoms with van der Waals surface area (Å²) in [5, 5.41) is 6.69. The molecule has 1 nitrogen and oxygen atoms in total. The van der Waals surface area contributed by atoms with Crippen molar-refractivity contribution in [2.75, 3.05) is 5.32 Å². The molecular weight excluding hydrogens is 334 g/mol. The maximum absolute atomic E-state index is 6.10. The van der Waals surface area contributed by atoms with E-state index in [0.717, 1.165) is 16.7 Å². The highest BCUT2D eigenvalue weighted by molar-refractivity contribution is 9.10. The molecule has 0 heterocycles. The van der Waals surface area contributed by atoms with E-state index in [1.165, 1.54) is 16.3 Å². The summed E-state index contributed by atoms with van der Waals surface area (Å²) in [6.45, 7) is 0.764. The van der Waals surface area contributed by atoms with Crippen LogP contribution in [0.25, 0.3) is 10.8 Å². The van der Waals surface area contributed by atoms with Crippen molar-refractivity contribution < 1.29 is 0 Å². The fourth-order valence-electron chi connectivity index (χ4n) is 2.28. The van der Waals surface area contributed by atoms with Crippen molar-refractivity contribution in [1.82, 2.24) is 0 Å². The topological polar surface area (TPSA) is 12.0 Å². The molecule has 0 bridgehead atoms. The minimum atomic E-state index is 0.716. The van der Waals surface area contributed by atoms with Gasteiger partial charge >= 0.3 is 0 Å². The average Bonchev–Trinajstić information content (AvgIpc) is 2.49. The lowest BCUT2D eigenvalue weighted by atomic mass is 10.0. The Morgan fingerprint density at radius 1 is 0.900 bits per heavy atom. The molecule has 1 N–H and O–H groups in total. The highest BCUT2D eigenvalue weighted by atomic mass is 79.9. The minimum absolute atomic E-state index is 0.716. The third-order valence-corrected chi connectivity index (χ3v) is 4.70. The van der Waals surface area contributed by atoms with E-state index in [1.54, 1.807) is 0 Å². The first-order valence-corrected chi connectivity index (χ1v) is 7.57. The van der Waals surface area contributed by atoms with Gasteiger partial charge in [-0.1, -0.05) is 60.1 Å². The molecule has 0 aliphatic heterocycles. The fourth-order valence-corrected chi connectivity index (χ4v) is 2.86. The molecule has 0 atom stereocenters. The van der Waals surface area contributed by atoms with Gasteiger partial charge < -0.3 is 5.32 Å². The van der Waals surface area contributed by atoms with Gasteiger partial charge in [-0.3, -0.25) is 0 Å². The number of hydrogen-bond donors (Lipinski definition) is 1. The second kappa shape index (κ2) is 5.86. The highest BCUT2D eigenvalue weighted by Crippen LogP contribution is 2.30. The monoisotopic (exact) mass is 345 g/mol. The van der Waals surface area contributed by atoms with Crippen molar-refractivity contribution in [2.45, 2.75) is 6.54 Å². The van der Waals surface area contributed by atoms with Crippen LogP contribution < -0.4 is 5.32 Å². The maximum Gasteiger partial charge on any atom is 0.0593 e. The summed E-state index contributed by atoms with van der Waals surface area (Å²) in [5.74, 6) is 0. The first-order chi connectivity index (χ1) is 9.75. The second-order valence-corrected chi connectivity index (χ2v) is 5.79. The lowest BCUT2D eigenvalue weighted by molar-refractivity contribution is 1.16. The zero-order valence-corrected chi connectivity index (χ0v) is 13.1. The molecule has 20 heavy (non-hydrogen) atoms. The van der Waals surface area contributed by atoms with Crippen molar-refractivity contribution in [2.24, 2.45) is 0 Å². The Morgan fingerprint density at radius 2 is 1.65 bits per heavy atom. The molecule has 0 spiro atoms. The van der Waals surface area contributed by atoms with Crippen LogP contribution in [0.5, 0.6) is 0 Å². The van der Waals surface area contributed by atoms with Crippen LogP contribution in [-0.2, 0) is 6.54 Å². The number of fused-ring (bicyclic) bond motifs is 1. The van der Waals surface area contributed by atoms with Crippen LogP contribution in [0.1, 0.15) is 5.56 Å². The largest absolute Gasteiger partial charge is 0.380 e. The minimum Gasteiger partial charge on any atom is -0.380 e. The predicted octanol–water partition coefficient (Wildman–Crippen LogP) is 5.87. The van der Waals surface area contributed by atoms with E-state index in [-0.39, 0.29) is 0 Å². The Balaban J connectivity index is 1.89. The summed E-state index contributed by atoms with van der Waals surface area (Å²) in [6.07, 6.45) is 0. The number of hydrogen-bond acceptors (Lipinski definition) is 1. The van der Waals surface area contributed by atoms with E-state index in [9.17, 15) is 0 Å². The first kappa shape index (κ1) is 13.5. The summed E-state index contributed by atoms with van der Waals surface area (Å²) in [6, 6.07) is 20.6. The normalized spacial score (nSPS) is 10.7. The van der Waals surface area contributed by atoms with Crippen molar-refractivity contribution >= 4 is 44.0 Å². The summed E-state index contributed by atoms with van der Waals surface area (Å²) < 4.78 is 0.905. The molecular formula is C17H13BrClN. The van der Waals surface area contributed by atoms with Crippen LogP contribution in [0.4, 0.5) is 5.69 Å². The van der Waals surface area contributed by atoms with E-state index >= 15 is 0 Å². The lowest BCUT2D eigenvalue weighted by Crippen LogP contribution is -2.00. The molecule has 3 heteroatoms. The number of benzene rings is 3. The quantitative estimate of drug-likeness (QED) is 0.625. The molecule has 0 radical (unpaired) electrons. The van der Waals surface area contributed by atoms with Gasteiger partial charge in [-0.05, 0) is 44.4 Å². The van der Waals surface area contributed by atoms with Crippen LogP contribution in [-0.4, -0.2) is 0 Å². The molecule has 0 unspecified atom stereocenters. The van der Waals surface area contributed by atoms with Crippen molar-refractivity contribution in [3.05, 3.63) is 75.7 Å². The average molecular weight is 347 g/mol. The Labute approximate surface area is 131 Å². The number of anilines is 1. The van der Waals surface area contributed by atoms with Crippen LogP contribution in [0.15, 0.2) is 65.1 Å². The predicted molar refractivity (Wildman–Crippen MR) is 90.4 cm³/mol. The standard InChI is InChI=1S/C17H13BrClN/c18-17-15(19)9-4-10-16(17)20-11-13-7-3-6-12-5-1-2-8-14(12)13/h1-10,20H,11H2. The van der Waals surface area contributed by atoms with E-state index in [2.05, 4.69) is 63.7 Å². The van der Waals surface area contributed by atoms with E-state index in [1.807, 2.05) is 18.2 Å². The summed E-state index contributed by atoms with van der Waals surface area (Å²) >= 11 is 9.61. The molecule has 0 saturated carbocycles. The van der Waals surface area contributed by atoms with Crippen molar-refractivity contribution in [1.29, 1.82) is 0 Å². The van der Waals surface area contributed by atoms with Crippen molar-refractivity contribution in [3.63, 3.8) is 0 Å². The van der Waals surface area contributed by atoms with Gasteiger partial charge in [-0.2, -0.15) is 0 Å². The van der Waals surface area contributed by atoms with Crippen LogP contribution in [0.3, 0.4) is 0 Å². The van der Waals surface area contributed by atoms with Crippen molar-refractivity contribution in [3.8, 4) is 0 Å². The zero-order chi connectivity index (χ0) is 13.9. The van der Waals surface area contributed by atoms with E-state index in [4.69, 9.17) is 11.6 Å². The SMILES string of the molecule is Clc1cccc(NCc2cccc3ccccc23)c1Br. The first-order valence-electron chi connectivity index (χ1n) is 6.40. The van der Waals surface area contributed by atoms with Gasteiger partial charge in [-0.15, -0.1) is 0 Å². The third-order valence-electron chi connectivity index (χ3n) is 3.30. The van der Waals surface area contributed by atoms with Gasteiger partial charge in [0, 0.05) is 6.54 Å². The molecule has 0 aliphatic carbocycles. The summed E-state index contributed by atoms with van der Waals surface area (Å²) in [4.78, 5) is 0. The Hall–Kier alpha value is -1.51. The van der Waals surface area contributed by atoms with Crippen LogP contribution in [0.2, 0.25) is 5.02 Å². The van der Waals surface area contributed by atoms with Gasteiger partial charge in [0.1, 0.15) is 0 Å². The molecule has 3 aromatic rings. The fraction of sp³-hybridized carbons (Fsp3) is 0.0588. The molecule has 0 aliphatic rings. The number of halogens is 2. The third kappa shape index (κ3) is 2.67. The molecule has 100 valence electrons. The van der Waals surface area contributed by atoms with E-state index in [0.29, 0.717) is 5.02 Å². The van der Waals surface area contributed by atoms with Gasteiger partial charge in [-0.25, -0.2) is 0 Å². The van der Waals surface area contributed by atoms with Gasteiger partial charge in [0.05, 0.1) is 15.2 Å². The number of rotatable bonds is 3. The summed E-state index contributed by atoms with van der Waals surface area (Å²) in [5.41, 5.74) is 2.28. The van der Waals surface area contributed by atoms with Crippen LogP contribution >= 0.6 is 27.5 Å². The Kier molecular flexibility index (Phi) is 3.95. The Morgan fingerprint density at radius 3 is 2.55 bits per heavy atom. The van der Waals surface area contributed by atoms with Crippen LogP contribution in [0, 0.1) is 0 Å². The number of nitrogens with one attached hydrogen (secondary N) is 1. The van der Waals surface area contributed by atoms with Gasteiger partial charge in [0.25, 0.3) is 0 Å². The smallest absolute Gasteiger partial charge is 0.0593 e. The zero-order valence-electron chi connectivity index (χ0n) is 10.7. The molecule has 0 amide bonds. The second-order valence-electron chi connectivity index (χ2n) is 4.59. The lowest BCUT2D eigenvalue weighted by Gasteiger charge is -2.11. The molecule has 0 saturated heterocycles. The van der Waals surface area contributed by atoms with E-state index < -0.39 is 0 Å². The molecule has 0 aromatic heterocycles. The molecule has 0 fully saturated rings. The maximum atomic E-state index is 6.10. The summed E-state index contributed by atoms with van der Waals surface area (Å²) in [7, 11) is 0.